The van der Waals surface area contributed by atoms with Crippen molar-refractivity contribution < 1.29 is 4.79 Å². The molecule has 1 atom stereocenters. The number of rotatable bonds is 4. The van der Waals surface area contributed by atoms with Gasteiger partial charge in [0.2, 0.25) is 0 Å². The molecule has 1 amide bonds. The number of carbonyl (C=O) groups excluding carboxylic acids is 1. The highest BCUT2D eigenvalue weighted by Crippen LogP contribution is 2.16. The summed E-state index contributed by atoms with van der Waals surface area (Å²) in [6, 6.07) is 3.56. The number of nitrogen functional groups attached to an aromatic ring is 1. The molecular formula is C13H22N6O. The van der Waals surface area contributed by atoms with Crippen molar-refractivity contribution in [2.24, 2.45) is 5.73 Å². The number of anilines is 2. The van der Waals surface area contributed by atoms with Gasteiger partial charge in [-0.2, -0.15) is 0 Å². The van der Waals surface area contributed by atoms with Crippen molar-refractivity contribution in [3.63, 3.8) is 0 Å². The van der Waals surface area contributed by atoms with Crippen LogP contribution in [0.5, 0.6) is 0 Å². The topological polar surface area (TPSA) is 101 Å². The number of primary amides is 1. The van der Waals surface area contributed by atoms with Crippen LogP contribution in [-0.2, 0) is 0 Å². The van der Waals surface area contributed by atoms with Crippen LogP contribution in [0.2, 0.25) is 0 Å². The van der Waals surface area contributed by atoms with Crippen molar-refractivity contribution in [3.05, 3.63) is 17.8 Å². The van der Waals surface area contributed by atoms with Gasteiger partial charge >= 0.3 is 0 Å². The van der Waals surface area contributed by atoms with E-state index in [1.165, 1.54) is 6.07 Å². The number of nitrogens with zero attached hydrogens (tertiary/aromatic N) is 3. The summed E-state index contributed by atoms with van der Waals surface area (Å²) >= 11 is 0. The second-order valence-electron chi connectivity index (χ2n) is 5.28. The normalized spacial score (nSPS) is 20.8. The Morgan fingerprint density at radius 1 is 1.45 bits per heavy atom. The molecule has 1 fully saturated rings. The molecule has 1 aliphatic rings. The maximum absolute atomic E-state index is 11.1. The van der Waals surface area contributed by atoms with Gasteiger partial charge in [-0.25, -0.2) is 4.98 Å². The summed E-state index contributed by atoms with van der Waals surface area (Å²) in [7, 11) is 4.22. The van der Waals surface area contributed by atoms with Crippen molar-refractivity contribution in [3.8, 4) is 0 Å². The van der Waals surface area contributed by atoms with Crippen LogP contribution in [0.3, 0.4) is 0 Å². The van der Waals surface area contributed by atoms with E-state index in [1.54, 1.807) is 6.07 Å². The first-order valence-corrected chi connectivity index (χ1v) is 6.66. The first-order valence-electron chi connectivity index (χ1n) is 6.66. The van der Waals surface area contributed by atoms with E-state index in [0.717, 1.165) is 26.2 Å². The second kappa shape index (κ2) is 6.06. The third-order valence-corrected chi connectivity index (χ3v) is 3.66. The fourth-order valence-electron chi connectivity index (χ4n) is 2.29. The molecule has 7 nitrogen and oxygen atoms in total. The van der Waals surface area contributed by atoms with Gasteiger partial charge in [0.05, 0.1) is 5.69 Å². The van der Waals surface area contributed by atoms with Gasteiger partial charge in [0.25, 0.3) is 5.91 Å². The van der Waals surface area contributed by atoms with Crippen LogP contribution < -0.4 is 16.8 Å². The van der Waals surface area contributed by atoms with Crippen molar-refractivity contribution in [2.75, 3.05) is 51.3 Å². The number of carbonyl (C=O) groups is 1. The van der Waals surface area contributed by atoms with E-state index in [2.05, 4.69) is 34.2 Å². The Labute approximate surface area is 118 Å². The van der Waals surface area contributed by atoms with Crippen LogP contribution in [0.15, 0.2) is 12.1 Å². The first-order chi connectivity index (χ1) is 9.47. The Morgan fingerprint density at radius 3 is 2.90 bits per heavy atom. The molecule has 110 valence electrons. The Kier molecular flexibility index (Phi) is 4.41. The summed E-state index contributed by atoms with van der Waals surface area (Å²) in [5.41, 5.74) is 11.8. The van der Waals surface area contributed by atoms with Gasteiger partial charge in [0.15, 0.2) is 0 Å². The summed E-state index contributed by atoms with van der Waals surface area (Å²) in [4.78, 5) is 19.9. The molecule has 2 heterocycles. The monoisotopic (exact) mass is 278 g/mol. The van der Waals surface area contributed by atoms with Gasteiger partial charge in [-0.3, -0.25) is 9.69 Å². The lowest BCUT2D eigenvalue weighted by Gasteiger charge is -2.37. The van der Waals surface area contributed by atoms with Gasteiger partial charge in [-0.1, -0.05) is 0 Å². The highest BCUT2D eigenvalue weighted by Gasteiger charge is 2.22. The molecule has 1 saturated heterocycles. The molecule has 20 heavy (non-hydrogen) atoms. The predicted molar refractivity (Wildman–Crippen MR) is 79.6 cm³/mol. The van der Waals surface area contributed by atoms with E-state index in [0.29, 0.717) is 17.5 Å². The summed E-state index contributed by atoms with van der Waals surface area (Å²) in [6.07, 6.45) is 0. The van der Waals surface area contributed by atoms with Crippen LogP contribution in [0.25, 0.3) is 0 Å². The first kappa shape index (κ1) is 14.5. The quantitative estimate of drug-likeness (QED) is 0.681. The fraction of sp³-hybridized carbons (Fsp3) is 0.538. The van der Waals surface area contributed by atoms with E-state index in [9.17, 15) is 4.79 Å². The molecule has 0 saturated carbocycles. The van der Waals surface area contributed by atoms with Gasteiger partial charge in [-0.05, 0) is 26.2 Å². The van der Waals surface area contributed by atoms with E-state index >= 15 is 0 Å². The number of pyridine rings is 1. The van der Waals surface area contributed by atoms with Gasteiger partial charge in [0, 0.05) is 32.2 Å². The van der Waals surface area contributed by atoms with Crippen LogP contribution >= 0.6 is 0 Å². The Morgan fingerprint density at radius 2 is 2.20 bits per heavy atom. The van der Waals surface area contributed by atoms with Crippen LogP contribution in [0.1, 0.15) is 10.5 Å². The minimum absolute atomic E-state index is 0.218. The van der Waals surface area contributed by atoms with Crippen molar-refractivity contribution in [1.82, 2.24) is 14.8 Å². The highest BCUT2D eigenvalue weighted by atomic mass is 16.1. The molecule has 7 heteroatoms. The van der Waals surface area contributed by atoms with Crippen LogP contribution in [0.4, 0.5) is 11.5 Å². The number of likely N-dealkylation sites (N-methyl/N-ethyl adjacent to an activating group) is 2. The number of hydrogen-bond acceptors (Lipinski definition) is 6. The molecule has 1 aromatic heterocycles. The maximum Gasteiger partial charge on any atom is 0.267 e. The van der Waals surface area contributed by atoms with E-state index < -0.39 is 5.91 Å². The molecule has 5 N–H and O–H groups in total. The number of hydrogen-bond donors (Lipinski definition) is 3. The van der Waals surface area contributed by atoms with Crippen molar-refractivity contribution >= 4 is 17.4 Å². The van der Waals surface area contributed by atoms with Crippen LogP contribution in [0, 0.1) is 0 Å². The zero-order valence-electron chi connectivity index (χ0n) is 12.0. The zero-order valence-corrected chi connectivity index (χ0v) is 12.0. The zero-order chi connectivity index (χ0) is 14.7. The van der Waals surface area contributed by atoms with Crippen molar-refractivity contribution in [1.29, 1.82) is 0 Å². The average molecular weight is 278 g/mol. The predicted octanol–water partition coefficient (Wildman–Crippen LogP) is -0.580. The number of amides is 1. The third-order valence-electron chi connectivity index (χ3n) is 3.66. The Balaban J connectivity index is 2.02. The molecular weight excluding hydrogens is 256 g/mol. The smallest absolute Gasteiger partial charge is 0.267 e. The minimum atomic E-state index is -0.553. The maximum atomic E-state index is 11.1. The molecule has 0 aromatic carbocycles. The molecule has 1 unspecified atom stereocenters. The Bertz CT molecular complexity index is 492. The number of nitrogens with one attached hydrogen (secondary N) is 1. The molecule has 2 rings (SSSR count). The number of nitrogens with two attached hydrogens (primary N) is 2. The number of piperazine rings is 1. The van der Waals surface area contributed by atoms with Gasteiger partial charge in [0.1, 0.15) is 11.5 Å². The van der Waals surface area contributed by atoms with Gasteiger partial charge < -0.3 is 21.7 Å². The molecule has 0 aliphatic carbocycles. The van der Waals surface area contributed by atoms with Gasteiger partial charge in [-0.15, -0.1) is 0 Å². The Hall–Kier alpha value is -1.86. The minimum Gasteiger partial charge on any atom is -0.396 e. The summed E-state index contributed by atoms with van der Waals surface area (Å²) in [6.45, 7) is 3.82. The molecule has 0 bridgehead atoms. The van der Waals surface area contributed by atoms with E-state index in [-0.39, 0.29) is 5.69 Å². The lowest BCUT2D eigenvalue weighted by atomic mass is 10.2. The number of aromatic nitrogens is 1. The third kappa shape index (κ3) is 3.37. The molecule has 0 spiro atoms. The summed E-state index contributed by atoms with van der Waals surface area (Å²) < 4.78 is 0. The standard InChI is InChI=1S/C13H22N6O/c1-18-5-6-19(2)9(8-18)7-16-13-10(14)3-4-11(17-13)12(15)20/h3-4,9H,5-8,14H2,1-2H3,(H2,15,20)(H,16,17). The lowest BCUT2D eigenvalue weighted by molar-refractivity contribution is 0.0995. The molecule has 1 aliphatic heterocycles. The largest absolute Gasteiger partial charge is 0.396 e. The summed E-state index contributed by atoms with van der Waals surface area (Å²) in [5, 5.41) is 3.22. The second-order valence-corrected chi connectivity index (χ2v) is 5.28. The molecule has 1 aromatic rings. The van der Waals surface area contributed by atoms with Crippen molar-refractivity contribution in [2.45, 2.75) is 6.04 Å². The fourth-order valence-corrected chi connectivity index (χ4v) is 2.29. The molecule has 0 radical (unpaired) electrons. The highest BCUT2D eigenvalue weighted by molar-refractivity contribution is 5.91. The van der Waals surface area contributed by atoms with E-state index in [1.807, 2.05) is 0 Å². The SMILES string of the molecule is CN1CCN(C)C(CNc2nc(C(N)=O)ccc2N)C1. The van der Waals surface area contributed by atoms with Crippen LogP contribution in [-0.4, -0.2) is 67.0 Å². The lowest BCUT2D eigenvalue weighted by Crippen LogP contribution is -2.52. The summed E-state index contributed by atoms with van der Waals surface area (Å²) in [5.74, 6) is -0.0366. The average Bonchev–Trinajstić information content (AvgIpc) is 2.41. The van der Waals surface area contributed by atoms with E-state index in [4.69, 9.17) is 11.5 Å².